The normalized spacial score (nSPS) is 13.0. The third-order valence-electron chi connectivity index (χ3n) is 2.77. The lowest BCUT2D eigenvalue weighted by molar-refractivity contribution is -0.138. The minimum absolute atomic E-state index is 0.146. The van der Waals surface area contributed by atoms with Crippen LogP contribution in [0.3, 0.4) is 0 Å². The number of ketones is 2. The van der Waals surface area contributed by atoms with Crippen molar-refractivity contribution < 1.29 is 29.1 Å². The smallest absolute Gasteiger partial charge is 0.320 e. The van der Waals surface area contributed by atoms with Crippen molar-refractivity contribution in [3.8, 4) is 0 Å². The van der Waals surface area contributed by atoms with Crippen molar-refractivity contribution in [2.24, 2.45) is 5.73 Å². The zero-order valence-electron chi connectivity index (χ0n) is 11.8. The Morgan fingerprint density at radius 1 is 1.36 bits per heavy atom. The first-order chi connectivity index (χ1) is 10.4. The number of para-hydroxylation sites is 1. The molecule has 0 aliphatic carbocycles. The van der Waals surface area contributed by atoms with E-state index in [4.69, 9.17) is 15.7 Å². The van der Waals surface area contributed by atoms with Crippen molar-refractivity contribution in [2.75, 3.05) is 5.48 Å². The van der Waals surface area contributed by atoms with Crippen molar-refractivity contribution in [1.29, 1.82) is 0 Å². The number of carbonyl (C=O) groups is 4. The third-order valence-corrected chi connectivity index (χ3v) is 2.77. The highest BCUT2D eigenvalue weighted by Crippen LogP contribution is 2.18. The molecule has 1 aromatic carbocycles. The Balaban J connectivity index is 2.85. The Hall–Kier alpha value is -2.58. The van der Waals surface area contributed by atoms with Gasteiger partial charge in [-0.25, -0.2) is 0 Å². The number of carbonyl (C=O) groups excluding carboxylic acids is 3. The molecule has 22 heavy (non-hydrogen) atoms. The number of nitrogens with two attached hydrogens (primary N) is 1. The number of anilines is 1. The predicted octanol–water partition coefficient (Wildman–Crippen LogP) is 0.171. The second kappa shape index (κ2) is 8.01. The molecular formula is C14H16N2O6. The Bertz CT molecular complexity index is 586. The summed E-state index contributed by atoms with van der Waals surface area (Å²) < 4.78 is 0. The fourth-order valence-electron chi connectivity index (χ4n) is 1.55. The summed E-state index contributed by atoms with van der Waals surface area (Å²) in [6.45, 7) is 1.18. The summed E-state index contributed by atoms with van der Waals surface area (Å²) in [7, 11) is 0. The van der Waals surface area contributed by atoms with E-state index in [0.29, 0.717) is 6.29 Å². The van der Waals surface area contributed by atoms with Crippen LogP contribution in [0, 0.1) is 0 Å². The SMILES string of the molecule is CC(=O)C(C=O)ONc1ccccc1C(=O)CC(N)C(=O)O. The van der Waals surface area contributed by atoms with Gasteiger partial charge in [0.2, 0.25) is 0 Å². The first-order valence-corrected chi connectivity index (χ1v) is 6.34. The molecule has 0 saturated carbocycles. The van der Waals surface area contributed by atoms with E-state index in [-0.39, 0.29) is 11.3 Å². The number of benzene rings is 1. The standard InChI is InChI=1S/C14H16N2O6/c1-8(18)13(7-17)22-16-11-5-3-2-4-9(11)12(19)6-10(15)14(20)21/h2-5,7,10,13,16H,6,15H2,1H3,(H,20,21). The van der Waals surface area contributed by atoms with Crippen LogP contribution in [-0.2, 0) is 19.2 Å². The van der Waals surface area contributed by atoms with Crippen LogP contribution in [0.5, 0.6) is 0 Å². The Morgan fingerprint density at radius 3 is 2.55 bits per heavy atom. The number of hydrogen-bond donors (Lipinski definition) is 3. The van der Waals surface area contributed by atoms with Gasteiger partial charge in [-0.3, -0.25) is 29.5 Å². The second-order valence-corrected chi connectivity index (χ2v) is 4.50. The topological polar surface area (TPSA) is 136 Å². The van der Waals surface area contributed by atoms with Crippen LogP contribution in [0.25, 0.3) is 0 Å². The van der Waals surface area contributed by atoms with Gasteiger partial charge in [-0.05, 0) is 19.1 Å². The summed E-state index contributed by atoms with van der Waals surface area (Å²) >= 11 is 0. The van der Waals surface area contributed by atoms with Crippen molar-refractivity contribution in [2.45, 2.75) is 25.5 Å². The van der Waals surface area contributed by atoms with E-state index >= 15 is 0 Å². The van der Waals surface area contributed by atoms with Crippen LogP contribution >= 0.6 is 0 Å². The minimum atomic E-state index is -1.32. The van der Waals surface area contributed by atoms with E-state index in [1.54, 1.807) is 12.1 Å². The van der Waals surface area contributed by atoms with Crippen molar-refractivity contribution in [1.82, 2.24) is 0 Å². The minimum Gasteiger partial charge on any atom is -0.480 e. The van der Waals surface area contributed by atoms with Gasteiger partial charge in [0.1, 0.15) is 6.04 Å². The Kier molecular flexibility index (Phi) is 6.36. The highest BCUT2D eigenvalue weighted by Gasteiger charge is 2.20. The molecule has 0 aliphatic rings. The Labute approximate surface area is 126 Å². The fourth-order valence-corrected chi connectivity index (χ4v) is 1.55. The number of aldehydes is 1. The van der Waals surface area contributed by atoms with E-state index in [9.17, 15) is 19.2 Å². The van der Waals surface area contributed by atoms with Crippen LogP contribution in [0.2, 0.25) is 0 Å². The average molecular weight is 308 g/mol. The molecule has 0 heterocycles. The van der Waals surface area contributed by atoms with E-state index in [1.165, 1.54) is 19.1 Å². The number of rotatable bonds is 9. The number of aliphatic carboxylic acids is 1. The van der Waals surface area contributed by atoms with Gasteiger partial charge < -0.3 is 10.8 Å². The van der Waals surface area contributed by atoms with Crippen molar-refractivity contribution in [3.05, 3.63) is 29.8 Å². The Morgan fingerprint density at radius 2 is 2.00 bits per heavy atom. The summed E-state index contributed by atoms with van der Waals surface area (Å²) in [5.41, 5.74) is 8.05. The number of hydrogen-bond acceptors (Lipinski definition) is 7. The summed E-state index contributed by atoms with van der Waals surface area (Å²) in [5.74, 6) is -2.29. The third kappa shape index (κ3) is 4.76. The number of carboxylic acid groups (broad SMARTS) is 1. The monoisotopic (exact) mass is 308 g/mol. The number of carboxylic acids is 1. The number of Topliss-reactive ketones (excluding diaryl/α,β-unsaturated/α-hetero) is 2. The molecule has 0 aliphatic heterocycles. The molecule has 0 bridgehead atoms. The summed E-state index contributed by atoms with van der Waals surface area (Å²) in [5, 5.41) is 8.72. The maximum Gasteiger partial charge on any atom is 0.320 e. The molecule has 1 aromatic rings. The molecule has 0 aromatic heterocycles. The lowest BCUT2D eigenvalue weighted by Gasteiger charge is -2.14. The molecular weight excluding hydrogens is 292 g/mol. The fraction of sp³-hybridized carbons (Fsp3) is 0.286. The number of nitrogens with one attached hydrogen (secondary N) is 1. The van der Waals surface area contributed by atoms with E-state index in [2.05, 4.69) is 5.48 Å². The van der Waals surface area contributed by atoms with Gasteiger partial charge in [0.15, 0.2) is 24.0 Å². The van der Waals surface area contributed by atoms with E-state index in [1.807, 2.05) is 0 Å². The van der Waals surface area contributed by atoms with Crippen LogP contribution in [-0.4, -0.2) is 41.1 Å². The highest BCUT2D eigenvalue weighted by molar-refractivity contribution is 6.03. The summed E-state index contributed by atoms with van der Waals surface area (Å²) in [6, 6.07) is 4.80. The summed E-state index contributed by atoms with van der Waals surface area (Å²) in [4.78, 5) is 49.4. The molecule has 1 rings (SSSR count). The van der Waals surface area contributed by atoms with Gasteiger partial charge in [-0.2, -0.15) is 0 Å². The van der Waals surface area contributed by atoms with Crippen LogP contribution < -0.4 is 11.2 Å². The van der Waals surface area contributed by atoms with Gasteiger partial charge in [-0.15, -0.1) is 0 Å². The average Bonchev–Trinajstić information content (AvgIpc) is 2.47. The van der Waals surface area contributed by atoms with Crippen LogP contribution in [0.15, 0.2) is 24.3 Å². The molecule has 8 heteroatoms. The molecule has 0 radical (unpaired) electrons. The molecule has 2 unspecified atom stereocenters. The predicted molar refractivity (Wildman–Crippen MR) is 76.2 cm³/mol. The van der Waals surface area contributed by atoms with Crippen LogP contribution in [0.4, 0.5) is 5.69 Å². The largest absolute Gasteiger partial charge is 0.480 e. The first-order valence-electron chi connectivity index (χ1n) is 6.34. The molecule has 0 fully saturated rings. The highest BCUT2D eigenvalue weighted by atomic mass is 16.7. The maximum absolute atomic E-state index is 12.1. The zero-order chi connectivity index (χ0) is 16.7. The van der Waals surface area contributed by atoms with E-state index < -0.39 is 36.1 Å². The molecule has 8 nitrogen and oxygen atoms in total. The van der Waals surface area contributed by atoms with Crippen LogP contribution in [0.1, 0.15) is 23.7 Å². The lowest BCUT2D eigenvalue weighted by atomic mass is 10.0. The first kappa shape index (κ1) is 17.5. The molecule has 4 N–H and O–H groups in total. The van der Waals surface area contributed by atoms with Crippen molar-refractivity contribution in [3.63, 3.8) is 0 Å². The molecule has 0 amide bonds. The van der Waals surface area contributed by atoms with E-state index in [0.717, 1.165) is 0 Å². The quantitative estimate of drug-likeness (QED) is 0.254. The van der Waals surface area contributed by atoms with Crippen molar-refractivity contribution >= 4 is 29.5 Å². The zero-order valence-corrected chi connectivity index (χ0v) is 11.8. The maximum atomic E-state index is 12.1. The summed E-state index contributed by atoms with van der Waals surface area (Å²) in [6.07, 6.45) is -1.37. The second-order valence-electron chi connectivity index (χ2n) is 4.50. The van der Waals surface area contributed by atoms with Gasteiger partial charge in [0.05, 0.1) is 5.69 Å². The molecule has 0 spiro atoms. The van der Waals surface area contributed by atoms with Gasteiger partial charge in [-0.1, -0.05) is 12.1 Å². The van der Waals surface area contributed by atoms with Gasteiger partial charge >= 0.3 is 5.97 Å². The van der Waals surface area contributed by atoms with Gasteiger partial charge in [0.25, 0.3) is 0 Å². The van der Waals surface area contributed by atoms with Gasteiger partial charge in [0, 0.05) is 12.0 Å². The molecule has 118 valence electrons. The lowest BCUT2D eigenvalue weighted by Crippen LogP contribution is -2.32. The molecule has 2 atom stereocenters. The molecule has 0 saturated heterocycles.